The standard InChI is InChI=1S/C34H46Cl2N6O/c1-23(2)15-31-21-41(20-29(37)18-27-12-13-28(35)19-32(27)36)30(9-6-14-40(3)34(38)39)22-42(31)33(43)17-24-10-11-25-7-4-5-8-26(25)16-24/h4-5,7-8,10-13,16,19,23,29-31H,6,9,14-15,17-18,20-22,37H2,1-3H3,(H3,38,39)/t29-,30+,31-/m1/s1. The Morgan fingerprint density at radius 2 is 1.79 bits per heavy atom. The van der Waals surface area contributed by atoms with Crippen LogP contribution in [0.3, 0.4) is 0 Å². The van der Waals surface area contributed by atoms with Gasteiger partial charge in [-0.25, -0.2) is 0 Å². The molecule has 0 bridgehead atoms. The van der Waals surface area contributed by atoms with Crippen molar-refractivity contribution in [1.29, 1.82) is 5.41 Å². The van der Waals surface area contributed by atoms with E-state index in [0.29, 0.717) is 48.4 Å². The third kappa shape index (κ3) is 9.32. The topological polar surface area (TPSA) is 103 Å². The van der Waals surface area contributed by atoms with Crippen molar-refractivity contribution in [1.82, 2.24) is 14.7 Å². The number of amides is 1. The van der Waals surface area contributed by atoms with Crippen molar-refractivity contribution in [2.45, 2.75) is 64.1 Å². The van der Waals surface area contributed by atoms with Gasteiger partial charge in [-0.2, -0.15) is 0 Å². The number of hydrogen-bond acceptors (Lipinski definition) is 4. The Morgan fingerprint density at radius 3 is 2.49 bits per heavy atom. The second kappa shape index (κ2) is 15.2. The Balaban J connectivity index is 1.52. The fraction of sp³-hybridized carbons (Fsp3) is 0.471. The minimum atomic E-state index is -0.124. The van der Waals surface area contributed by atoms with Crippen molar-refractivity contribution in [3.63, 3.8) is 0 Å². The summed E-state index contributed by atoms with van der Waals surface area (Å²) < 4.78 is 0. The van der Waals surface area contributed by atoms with E-state index >= 15 is 0 Å². The highest BCUT2D eigenvalue weighted by Crippen LogP contribution is 2.27. The van der Waals surface area contributed by atoms with E-state index in [4.69, 9.17) is 40.1 Å². The molecule has 7 nitrogen and oxygen atoms in total. The molecule has 3 atom stereocenters. The number of carbonyl (C=O) groups excluding carboxylic acids is 1. The zero-order valence-corrected chi connectivity index (χ0v) is 27.1. The van der Waals surface area contributed by atoms with Gasteiger partial charge in [0.1, 0.15) is 0 Å². The van der Waals surface area contributed by atoms with E-state index in [9.17, 15) is 4.79 Å². The smallest absolute Gasteiger partial charge is 0.227 e. The van der Waals surface area contributed by atoms with Gasteiger partial charge in [-0.3, -0.25) is 15.1 Å². The molecule has 5 N–H and O–H groups in total. The number of benzene rings is 3. The Hall–Kier alpha value is -2.84. The molecule has 1 fully saturated rings. The van der Waals surface area contributed by atoms with Crippen LogP contribution in [0, 0.1) is 11.3 Å². The molecule has 43 heavy (non-hydrogen) atoms. The maximum Gasteiger partial charge on any atom is 0.227 e. The average Bonchev–Trinajstić information content (AvgIpc) is 2.95. The van der Waals surface area contributed by atoms with Crippen molar-refractivity contribution in [2.24, 2.45) is 17.4 Å². The van der Waals surface area contributed by atoms with Crippen LogP contribution in [0.5, 0.6) is 0 Å². The second-order valence-corrected chi connectivity index (χ2v) is 13.3. The average molecular weight is 626 g/mol. The van der Waals surface area contributed by atoms with Crippen molar-refractivity contribution in [2.75, 3.05) is 33.2 Å². The van der Waals surface area contributed by atoms with Crippen molar-refractivity contribution >= 4 is 45.8 Å². The Kier molecular flexibility index (Phi) is 11.7. The molecule has 1 saturated heterocycles. The van der Waals surface area contributed by atoms with E-state index in [1.54, 1.807) is 11.0 Å². The van der Waals surface area contributed by atoms with Gasteiger partial charge in [0.2, 0.25) is 5.91 Å². The minimum absolute atomic E-state index is 0.0616. The molecule has 3 aromatic rings. The van der Waals surface area contributed by atoms with Gasteiger partial charge in [-0.15, -0.1) is 0 Å². The summed E-state index contributed by atoms with van der Waals surface area (Å²) in [6.07, 6.45) is 3.69. The predicted octanol–water partition coefficient (Wildman–Crippen LogP) is 5.79. The van der Waals surface area contributed by atoms with Crippen LogP contribution in [0.15, 0.2) is 60.7 Å². The highest BCUT2D eigenvalue weighted by Gasteiger charge is 2.37. The molecule has 232 valence electrons. The van der Waals surface area contributed by atoms with Crippen LogP contribution in [-0.4, -0.2) is 77.9 Å². The number of guanidine groups is 1. The first-order chi connectivity index (χ1) is 20.5. The Morgan fingerprint density at radius 1 is 1.05 bits per heavy atom. The summed E-state index contributed by atoms with van der Waals surface area (Å²) in [7, 11) is 1.84. The highest BCUT2D eigenvalue weighted by molar-refractivity contribution is 6.35. The number of nitrogens with zero attached hydrogens (tertiary/aromatic N) is 3. The summed E-state index contributed by atoms with van der Waals surface area (Å²) in [5, 5.41) is 11.3. The molecular formula is C34H46Cl2N6O. The molecule has 1 amide bonds. The zero-order chi connectivity index (χ0) is 31.1. The number of carbonyl (C=O) groups is 1. The lowest BCUT2D eigenvalue weighted by atomic mass is 9.94. The predicted molar refractivity (Wildman–Crippen MR) is 180 cm³/mol. The first-order valence-electron chi connectivity index (χ1n) is 15.3. The summed E-state index contributed by atoms with van der Waals surface area (Å²) >= 11 is 12.6. The van der Waals surface area contributed by atoms with Crippen molar-refractivity contribution < 1.29 is 4.79 Å². The minimum Gasteiger partial charge on any atom is -0.370 e. The van der Waals surface area contributed by atoms with Crippen LogP contribution in [-0.2, 0) is 17.6 Å². The van der Waals surface area contributed by atoms with Crippen LogP contribution in [0.1, 0.15) is 44.2 Å². The quantitative estimate of drug-likeness (QED) is 0.175. The third-order valence-electron chi connectivity index (χ3n) is 8.45. The summed E-state index contributed by atoms with van der Waals surface area (Å²) in [4.78, 5) is 20.3. The van der Waals surface area contributed by atoms with E-state index in [1.165, 1.54) is 5.39 Å². The second-order valence-electron chi connectivity index (χ2n) is 12.4. The normalized spacial score (nSPS) is 18.3. The van der Waals surface area contributed by atoms with Gasteiger partial charge < -0.3 is 21.3 Å². The van der Waals surface area contributed by atoms with Crippen molar-refractivity contribution in [3.05, 3.63) is 81.8 Å². The number of hydrogen-bond donors (Lipinski definition) is 3. The lowest BCUT2D eigenvalue weighted by molar-refractivity contribution is -0.138. The zero-order valence-electron chi connectivity index (χ0n) is 25.6. The molecule has 1 aliphatic rings. The van der Waals surface area contributed by atoms with Crippen LogP contribution in [0.25, 0.3) is 10.8 Å². The number of rotatable bonds is 12. The van der Waals surface area contributed by atoms with Crippen LogP contribution >= 0.6 is 23.2 Å². The summed E-state index contributed by atoms with van der Waals surface area (Å²) in [6, 6.07) is 20.3. The molecule has 0 radical (unpaired) electrons. The number of piperazine rings is 1. The van der Waals surface area contributed by atoms with E-state index in [-0.39, 0.29) is 30.0 Å². The summed E-state index contributed by atoms with van der Waals surface area (Å²) in [5.74, 6) is 0.681. The van der Waals surface area contributed by atoms with Gasteiger partial charge in [0, 0.05) is 61.4 Å². The van der Waals surface area contributed by atoms with Gasteiger partial charge in [-0.1, -0.05) is 85.6 Å². The van der Waals surface area contributed by atoms with Gasteiger partial charge in [-0.05, 0) is 65.6 Å². The fourth-order valence-electron chi connectivity index (χ4n) is 6.20. The van der Waals surface area contributed by atoms with Gasteiger partial charge in [0.25, 0.3) is 0 Å². The summed E-state index contributed by atoms with van der Waals surface area (Å²) in [6.45, 7) is 7.25. The maximum atomic E-state index is 14.0. The summed E-state index contributed by atoms with van der Waals surface area (Å²) in [5.41, 5.74) is 14.5. The lowest BCUT2D eigenvalue weighted by Gasteiger charge is -2.48. The largest absolute Gasteiger partial charge is 0.370 e. The molecule has 0 saturated carbocycles. The van der Waals surface area contributed by atoms with E-state index in [1.807, 2.05) is 31.3 Å². The monoisotopic (exact) mass is 624 g/mol. The van der Waals surface area contributed by atoms with E-state index < -0.39 is 0 Å². The van der Waals surface area contributed by atoms with Crippen LogP contribution in [0.2, 0.25) is 10.0 Å². The number of nitrogens with two attached hydrogens (primary N) is 2. The van der Waals surface area contributed by atoms with Gasteiger partial charge >= 0.3 is 0 Å². The molecule has 0 aliphatic carbocycles. The van der Waals surface area contributed by atoms with Gasteiger partial charge in [0.05, 0.1) is 6.42 Å². The van der Waals surface area contributed by atoms with E-state index in [2.05, 4.69) is 54.0 Å². The Bertz CT molecular complexity index is 1400. The SMILES string of the molecule is CC(C)C[C@@H]1CN(C[C@H](N)Cc2ccc(Cl)cc2Cl)[C@@H](CCCN(C)C(=N)N)CN1C(=O)Cc1ccc2ccccc2c1. The molecule has 0 spiro atoms. The number of fused-ring (bicyclic) bond motifs is 1. The molecule has 1 heterocycles. The Labute approximate surface area is 266 Å². The lowest BCUT2D eigenvalue weighted by Crippen LogP contribution is -2.62. The van der Waals surface area contributed by atoms with Crippen LogP contribution in [0.4, 0.5) is 0 Å². The fourth-order valence-corrected chi connectivity index (χ4v) is 6.69. The third-order valence-corrected chi connectivity index (χ3v) is 9.04. The molecule has 3 aromatic carbocycles. The van der Waals surface area contributed by atoms with Gasteiger partial charge in [0.15, 0.2) is 5.96 Å². The molecule has 0 aromatic heterocycles. The molecule has 1 aliphatic heterocycles. The maximum absolute atomic E-state index is 14.0. The van der Waals surface area contributed by atoms with Crippen LogP contribution < -0.4 is 11.5 Å². The first-order valence-corrected chi connectivity index (χ1v) is 16.0. The molecular weight excluding hydrogens is 579 g/mol. The number of nitrogens with one attached hydrogen (secondary N) is 1. The van der Waals surface area contributed by atoms with Crippen molar-refractivity contribution in [3.8, 4) is 0 Å². The molecule has 0 unspecified atom stereocenters. The first kappa shape index (κ1) is 33.1. The van der Waals surface area contributed by atoms with E-state index in [0.717, 1.165) is 42.3 Å². The molecule has 9 heteroatoms. The molecule has 4 rings (SSSR count). The number of halogens is 2. The highest BCUT2D eigenvalue weighted by atomic mass is 35.5.